The summed E-state index contributed by atoms with van der Waals surface area (Å²) >= 11 is 0. The molecule has 1 aromatic heterocycles. The molecule has 0 spiro atoms. The summed E-state index contributed by atoms with van der Waals surface area (Å²) in [7, 11) is 0. The maximum atomic E-state index is 13.3. The standard InChI is InChI=1S/C16H22FN3O2/c1-11-4-9-20(13-2-6-18-7-3-13)16(22)14(11)15(21)19-8-5-12(17)10-19/h4,9,12-13,18H,2-3,5-8,10H2,1H3/t12-/m1/s1. The lowest BCUT2D eigenvalue weighted by molar-refractivity contribution is 0.0779. The highest BCUT2D eigenvalue weighted by atomic mass is 19.1. The van der Waals surface area contributed by atoms with Gasteiger partial charge in [0.15, 0.2) is 0 Å². The normalized spacial score (nSPS) is 23.0. The van der Waals surface area contributed by atoms with Crippen LogP contribution < -0.4 is 10.9 Å². The molecule has 1 aromatic rings. The molecule has 1 N–H and O–H groups in total. The van der Waals surface area contributed by atoms with Crippen LogP contribution in [-0.4, -0.2) is 47.7 Å². The lowest BCUT2D eigenvalue weighted by atomic mass is 10.0. The van der Waals surface area contributed by atoms with E-state index in [1.54, 1.807) is 17.7 Å². The van der Waals surface area contributed by atoms with E-state index in [0.29, 0.717) is 18.5 Å². The molecule has 0 aromatic carbocycles. The largest absolute Gasteiger partial charge is 0.335 e. The summed E-state index contributed by atoms with van der Waals surface area (Å²) in [4.78, 5) is 26.8. The number of likely N-dealkylation sites (tertiary alicyclic amines) is 1. The van der Waals surface area contributed by atoms with Crippen molar-refractivity contribution in [2.24, 2.45) is 0 Å². The molecule has 3 rings (SSSR count). The fraction of sp³-hybridized carbons (Fsp3) is 0.625. The second-order valence-corrected chi connectivity index (χ2v) is 6.20. The van der Waals surface area contributed by atoms with Crippen molar-refractivity contribution in [3.63, 3.8) is 0 Å². The maximum absolute atomic E-state index is 13.3. The zero-order valence-electron chi connectivity index (χ0n) is 12.8. The van der Waals surface area contributed by atoms with Crippen LogP contribution in [0.15, 0.2) is 17.1 Å². The molecule has 22 heavy (non-hydrogen) atoms. The van der Waals surface area contributed by atoms with Crippen LogP contribution >= 0.6 is 0 Å². The van der Waals surface area contributed by atoms with E-state index in [4.69, 9.17) is 0 Å². The smallest absolute Gasteiger partial charge is 0.263 e. The van der Waals surface area contributed by atoms with Crippen molar-refractivity contribution >= 4 is 5.91 Å². The van der Waals surface area contributed by atoms with Crippen LogP contribution in [0.2, 0.25) is 0 Å². The highest BCUT2D eigenvalue weighted by molar-refractivity contribution is 5.95. The summed E-state index contributed by atoms with van der Waals surface area (Å²) in [6.45, 7) is 4.01. The molecular weight excluding hydrogens is 285 g/mol. The Labute approximate surface area is 129 Å². The van der Waals surface area contributed by atoms with Gasteiger partial charge in [-0.25, -0.2) is 4.39 Å². The lowest BCUT2D eigenvalue weighted by Gasteiger charge is -2.26. The van der Waals surface area contributed by atoms with Crippen LogP contribution in [0, 0.1) is 6.92 Å². The number of amides is 1. The number of piperidine rings is 1. The fourth-order valence-electron chi connectivity index (χ4n) is 3.33. The number of aryl methyl sites for hydroxylation is 1. The molecule has 5 nitrogen and oxygen atoms in total. The molecular formula is C16H22FN3O2. The summed E-state index contributed by atoms with van der Waals surface area (Å²) in [5.74, 6) is -0.328. The van der Waals surface area contributed by atoms with Gasteiger partial charge in [0.25, 0.3) is 11.5 Å². The number of hydrogen-bond acceptors (Lipinski definition) is 3. The van der Waals surface area contributed by atoms with Crippen LogP contribution in [0.5, 0.6) is 0 Å². The number of nitrogens with zero attached hydrogens (tertiary/aromatic N) is 2. The third kappa shape index (κ3) is 2.79. The Morgan fingerprint density at radius 1 is 1.32 bits per heavy atom. The van der Waals surface area contributed by atoms with Gasteiger partial charge < -0.3 is 14.8 Å². The van der Waals surface area contributed by atoms with Gasteiger partial charge in [0.2, 0.25) is 0 Å². The van der Waals surface area contributed by atoms with Crippen molar-refractivity contribution in [2.45, 2.75) is 38.4 Å². The van der Waals surface area contributed by atoms with E-state index in [2.05, 4.69) is 5.32 Å². The highest BCUT2D eigenvalue weighted by Crippen LogP contribution is 2.19. The van der Waals surface area contributed by atoms with E-state index < -0.39 is 6.17 Å². The SMILES string of the molecule is Cc1ccn(C2CCNCC2)c(=O)c1C(=O)N1CC[C@@H](F)C1. The number of alkyl halides is 1. The first-order valence-corrected chi connectivity index (χ1v) is 7.93. The van der Waals surface area contributed by atoms with E-state index in [1.165, 1.54) is 4.90 Å². The molecule has 120 valence electrons. The molecule has 1 atom stereocenters. The summed E-state index contributed by atoms with van der Waals surface area (Å²) in [6.07, 6.45) is 2.94. The summed E-state index contributed by atoms with van der Waals surface area (Å²) in [5, 5.41) is 3.27. The predicted molar refractivity (Wildman–Crippen MR) is 82.0 cm³/mol. The Morgan fingerprint density at radius 3 is 2.68 bits per heavy atom. The number of nitrogens with one attached hydrogen (secondary N) is 1. The third-order valence-electron chi connectivity index (χ3n) is 4.66. The minimum Gasteiger partial charge on any atom is -0.335 e. The number of pyridine rings is 1. The number of carbonyl (C=O) groups is 1. The Balaban J connectivity index is 1.93. The Morgan fingerprint density at radius 2 is 2.05 bits per heavy atom. The van der Waals surface area contributed by atoms with Crippen LogP contribution in [0.3, 0.4) is 0 Å². The van der Waals surface area contributed by atoms with Gasteiger partial charge in [0.1, 0.15) is 11.7 Å². The highest BCUT2D eigenvalue weighted by Gasteiger charge is 2.30. The van der Waals surface area contributed by atoms with Crippen molar-refractivity contribution in [1.82, 2.24) is 14.8 Å². The van der Waals surface area contributed by atoms with Gasteiger partial charge in [-0.15, -0.1) is 0 Å². The first kappa shape index (κ1) is 15.2. The van der Waals surface area contributed by atoms with Crippen LogP contribution in [0.4, 0.5) is 4.39 Å². The number of carbonyl (C=O) groups excluding carboxylic acids is 1. The molecule has 2 aliphatic heterocycles. The third-order valence-corrected chi connectivity index (χ3v) is 4.66. The van der Waals surface area contributed by atoms with E-state index >= 15 is 0 Å². The molecule has 0 aliphatic carbocycles. The first-order valence-electron chi connectivity index (χ1n) is 7.93. The zero-order chi connectivity index (χ0) is 15.7. The minimum absolute atomic E-state index is 0.0972. The Bertz CT molecular complexity index is 622. The Hall–Kier alpha value is -1.69. The molecule has 1 amide bonds. The van der Waals surface area contributed by atoms with E-state index in [1.807, 2.05) is 6.07 Å². The second kappa shape index (κ2) is 6.20. The first-order chi connectivity index (χ1) is 10.6. The molecule has 0 radical (unpaired) electrons. The quantitative estimate of drug-likeness (QED) is 0.895. The minimum atomic E-state index is -0.973. The van der Waals surface area contributed by atoms with Crippen molar-refractivity contribution in [3.8, 4) is 0 Å². The molecule has 2 saturated heterocycles. The predicted octanol–water partition coefficient (Wildman–Crippen LogP) is 1.27. The molecule has 3 heterocycles. The second-order valence-electron chi connectivity index (χ2n) is 6.20. The van der Waals surface area contributed by atoms with Gasteiger partial charge in [-0.2, -0.15) is 0 Å². The van der Waals surface area contributed by atoms with Gasteiger partial charge in [-0.05, 0) is 50.9 Å². The van der Waals surface area contributed by atoms with Gasteiger partial charge in [0.05, 0.1) is 6.54 Å². The van der Waals surface area contributed by atoms with Crippen molar-refractivity contribution < 1.29 is 9.18 Å². The van der Waals surface area contributed by atoms with Crippen molar-refractivity contribution in [2.75, 3.05) is 26.2 Å². The van der Waals surface area contributed by atoms with Crippen LogP contribution in [-0.2, 0) is 0 Å². The summed E-state index contributed by atoms with van der Waals surface area (Å²) < 4.78 is 15.0. The molecule has 6 heteroatoms. The molecule has 0 bridgehead atoms. The molecule has 2 fully saturated rings. The average molecular weight is 307 g/mol. The molecule has 2 aliphatic rings. The number of halogens is 1. The monoisotopic (exact) mass is 307 g/mol. The van der Waals surface area contributed by atoms with E-state index in [0.717, 1.165) is 25.9 Å². The number of aromatic nitrogens is 1. The lowest BCUT2D eigenvalue weighted by Crippen LogP contribution is -2.39. The van der Waals surface area contributed by atoms with Crippen molar-refractivity contribution in [3.05, 3.63) is 33.7 Å². The molecule has 0 unspecified atom stereocenters. The maximum Gasteiger partial charge on any atom is 0.263 e. The summed E-state index contributed by atoms with van der Waals surface area (Å²) in [6, 6.07) is 1.95. The fourth-order valence-corrected chi connectivity index (χ4v) is 3.33. The van der Waals surface area contributed by atoms with E-state index in [-0.39, 0.29) is 29.6 Å². The van der Waals surface area contributed by atoms with Gasteiger partial charge in [0, 0.05) is 18.8 Å². The zero-order valence-corrected chi connectivity index (χ0v) is 12.8. The summed E-state index contributed by atoms with van der Waals surface area (Å²) in [5.41, 5.74) is 0.636. The topological polar surface area (TPSA) is 54.3 Å². The average Bonchev–Trinajstić information content (AvgIpc) is 2.95. The van der Waals surface area contributed by atoms with Gasteiger partial charge >= 0.3 is 0 Å². The number of hydrogen-bond donors (Lipinski definition) is 1. The van der Waals surface area contributed by atoms with Crippen LogP contribution in [0.1, 0.15) is 41.2 Å². The molecule has 0 saturated carbocycles. The van der Waals surface area contributed by atoms with Crippen molar-refractivity contribution in [1.29, 1.82) is 0 Å². The van der Waals surface area contributed by atoms with E-state index in [9.17, 15) is 14.0 Å². The Kier molecular flexibility index (Phi) is 4.29. The van der Waals surface area contributed by atoms with Gasteiger partial charge in [-0.3, -0.25) is 9.59 Å². The number of rotatable bonds is 2. The van der Waals surface area contributed by atoms with Crippen LogP contribution in [0.25, 0.3) is 0 Å². The van der Waals surface area contributed by atoms with Gasteiger partial charge in [-0.1, -0.05) is 0 Å².